The molecule has 94 valence electrons. The minimum atomic E-state index is -0.0621. The first-order valence-corrected chi connectivity index (χ1v) is 6.55. The van der Waals surface area contributed by atoms with E-state index in [-0.39, 0.29) is 6.04 Å². The van der Waals surface area contributed by atoms with Crippen molar-refractivity contribution in [2.24, 2.45) is 5.84 Å². The molecule has 1 aromatic heterocycles. The van der Waals surface area contributed by atoms with Gasteiger partial charge in [-0.15, -0.1) is 0 Å². The number of halogens is 1. The molecule has 0 spiro atoms. The van der Waals surface area contributed by atoms with Crippen LogP contribution in [0.15, 0.2) is 41.1 Å². The second-order valence-electron chi connectivity index (χ2n) is 4.36. The van der Waals surface area contributed by atoms with Gasteiger partial charge < -0.3 is 0 Å². The molecule has 3 nitrogen and oxygen atoms in total. The van der Waals surface area contributed by atoms with E-state index in [9.17, 15) is 0 Å². The summed E-state index contributed by atoms with van der Waals surface area (Å²) >= 11 is 3.58. The van der Waals surface area contributed by atoms with Gasteiger partial charge in [0, 0.05) is 16.9 Å². The summed E-state index contributed by atoms with van der Waals surface area (Å²) in [4.78, 5) is 4.18. The molecule has 3 N–H and O–H groups in total. The molecule has 0 aliphatic carbocycles. The van der Waals surface area contributed by atoms with E-state index in [2.05, 4.69) is 52.3 Å². The van der Waals surface area contributed by atoms with Crippen LogP contribution in [0.3, 0.4) is 0 Å². The van der Waals surface area contributed by atoms with Crippen molar-refractivity contribution in [3.63, 3.8) is 0 Å². The molecule has 0 radical (unpaired) electrons. The monoisotopic (exact) mass is 305 g/mol. The van der Waals surface area contributed by atoms with Crippen molar-refractivity contribution in [1.29, 1.82) is 0 Å². The zero-order chi connectivity index (χ0) is 13.1. The van der Waals surface area contributed by atoms with Gasteiger partial charge in [-0.25, -0.2) is 5.43 Å². The number of hydrogen-bond acceptors (Lipinski definition) is 3. The summed E-state index contributed by atoms with van der Waals surface area (Å²) < 4.78 is 1.04. The molecule has 0 fully saturated rings. The highest BCUT2D eigenvalue weighted by molar-refractivity contribution is 9.10. The molecule has 0 saturated carbocycles. The smallest absolute Gasteiger partial charge is 0.0738 e. The summed E-state index contributed by atoms with van der Waals surface area (Å²) in [6.45, 7) is 4.13. The predicted molar refractivity (Wildman–Crippen MR) is 77.0 cm³/mol. The first-order valence-electron chi connectivity index (χ1n) is 5.76. The Hall–Kier alpha value is -1.23. The van der Waals surface area contributed by atoms with Gasteiger partial charge in [0.2, 0.25) is 0 Å². The van der Waals surface area contributed by atoms with E-state index < -0.39 is 0 Å². The molecule has 4 heteroatoms. The lowest BCUT2D eigenvalue weighted by atomic mass is 9.96. The number of benzene rings is 1. The molecule has 1 unspecified atom stereocenters. The molecule has 1 atom stereocenters. The van der Waals surface area contributed by atoms with E-state index in [1.807, 2.05) is 18.3 Å². The lowest BCUT2D eigenvalue weighted by Gasteiger charge is -2.20. The van der Waals surface area contributed by atoms with Gasteiger partial charge in [0.05, 0.1) is 6.04 Å². The van der Waals surface area contributed by atoms with Crippen molar-refractivity contribution >= 4 is 15.9 Å². The van der Waals surface area contributed by atoms with Gasteiger partial charge >= 0.3 is 0 Å². The van der Waals surface area contributed by atoms with Gasteiger partial charge in [-0.2, -0.15) is 0 Å². The maximum absolute atomic E-state index is 5.73. The number of rotatable bonds is 3. The van der Waals surface area contributed by atoms with Gasteiger partial charge in [-0.05, 0) is 42.7 Å². The van der Waals surface area contributed by atoms with E-state index in [0.29, 0.717) is 0 Å². The van der Waals surface area contributed by atoms with Crippen LogP contribution in [0.25, 0.3) is 0 Å². The molecule has 0 aliphatic rings. The fourth-order valence-electron chi connectivity index (χ4n) is 2.01. The highest BCUT2D eigenvalue weighted by Crippen LogP contribution is 2.30. The third kappa shape index (κ3) is 2.61. The average molecular weight is 306 g/mol. The van der Waals surface area contributed by atoms with Crippen molar-refractivity contribution < 1.29 is 0 Å². The van der Waals surface area contributed by atoms with Gasteiger partial charge in [0.1, 0.15) is 0 Å². The van der Waals surface area contributed by atoms with E-state index in [0.717, 1.165) is 15.6 Å². The second kappa shape index (κ2) is 5.61. The van der Waals surface area contributed by atoms with Gasteiger partial charge in [-0.1, -0.05) is 33.6 Å². The normalized spacial score (nSPS) is 12.4. The summed E-state index contributed by atoms with van der Waals surface area (Å²) in [5, 5.41) is 0. The van der Waals surface area contributed by atoms with E-state index >= 15 is 0 Å². The Bertz CT molecular complexity index is 554. The van der Waals surface area contributed by atoms with E-state index in [4.69, 9.17) is 5.84 Å². The van der Waals surface area contributed by atoms with Crippen LogP contribution in [-0.4, -0.2) is 4.98 Å². The largest absolute Gasteiger partial charge is 0.271 e. The van der Waals surface area contributed by atoms with Crippen LogP contribution in [0.2, 0.25) is 0 Å². The number of aryl methyl sites for hydroxylation is 2. The Morgan fingerprint density at radius 3 is 2.67 bits per heavy atom. The number of nitrogens with one attached hydrogen (secondary N) is 1. The van der Waals surface area contributed by atoms with Crippen molar-refractivity contribution in [2.45, 2.75) is 19.9 Å². The fourth-order valence-corrected chi connectivity index (χ4v) is 2.49. The molecule has 18 heavy (non-hydrogen) atoms. The molecule has 1 heterocycles. The average Bonchev–Trinajstić information content (AvgIpc) is 2.36. The molecule has 0 saturated heterocycles. The van der Waals surface area contributed by atoms with Crippen molar-refractivity contribution in [1.82, 2.24) is 10.4 Å². The highest BCUT2D eigenvalue weighted by Gasteiger charge is 2.17. The standard InChI is InChI=1S/C14H16BrN3/c1-9-3-4-13(15)11(7-9)14(18-16)12-8-17-6-5-10(12)2/h3-8,14,18H,16H2,1-2H3. The summed E-state index contributed by atoms with van der Waals surface area (Å²) in [7, 11) is 0. The number of hydrogen-bond donors (Lipinski definition) is 2. The Morgan fingerprint density at radius 2 is 2.00 bits per heavy atom. The second-order valence-corrected chi connectivity index (χ2v) is 5.21. The van der Waals surface area contributed by atoms with Crippen LogP contribution < -0.4 is 11.3 Å². The Kier molecular flexibility index (Phi) is 4.11. The molecule has 0 aliphatic heterocycles. The van der Waals surface area contributed by atoms with Crippen LogP contribution in [-0.2, 0) is 0 Å². The summed E-state index contributed by atoms with van der Waals surface area (Å²) in [5.74, 6) is 5.73. The summed E-state index contributed by atoms with van der Waals surface area (Å²) in [5.41, 5.74) is 7.45. The molecule has 1 aromatic carbocycles. The minimum Gasteiger partial charge on any atom is -0.271 e. The summed E-state index contributed by atoms with van der Waals surface area (Å²) in [6, 6.07) is 8.16. The maximum atomic E-state index is 5.73. The fraction of sp³-hybridized carbons (Fsp3) is 0.214. The molecule has 2 rings (SSSR count). The van der Waals surface area contributed by atoms with Crippen molar-refractivity contribution in [2.75, 3.05) is 0 Å². The van der Waals surface area contributed by atoms with E-state index in [1.54, 1.807) is 6.20 Å². The predicted octanol–water partition coefficient (Wildman–Crippen LogP) is 3.01. The van der Waals surface area contributed by atoms with Crippen LogP contribution in [0.4, 0.5) is 0 Å². The lowest BCUT2D eigenvalue weighted by molar-refractivity contribution is 0.628. The zero-order valence-corrected chi connectivity index (χ0v) is 12.0. The van der Waals surface area contributed by atoms with E-state index in [1.165, 1.54) is 11.1 Å². The Labute approximate surface area is 116 Å². The first kappa shape index (κ1) is 13.2. The molecular formula is C14H16BrN3. The quantitative estimate of drug-likeness (QED) is 0.677. The van der Waals surface area contributed by atoms with Crippen molar-refractivity contribution in [3.8, 4) is 0 Å². The lowest BCUT2D eigenvalue weighted by Crippen LogP contribution is -2.29. The molecule has 0 bridgehead atoms. The number of nitrogens with two attached hydrogens (primary N) is 1. The van der Waals surface area contributed by atoms with Gasteiger partial charge in [0.15, 0.2) is 0 Å². The first-order chi connectivity index (χ1) is 8.63. The number of nitrogens with zero attached hydrogens (tertiary/aromatic N) is 1. The summed E-state index contributed by atoms with van der Waals surface area (Å²) in [6.07, 6.45) is 3.65. The maximum Gasteiger partial charge on any atom is 0.0738 e. The van der Waals surface area contributed by atoms with Gasteiger partial charge in [-0.3, -0.25) is 10.8 Å². The van der Waals surface area contributed by atoms with Crippen LogP contribution in [0.1, 0.15) is 28.3 Å². The van der Waals surface area contributed by atoms with Gasteiger partial charge in [0.25, 0.3) is 0 Å². The van der Waals surface area contributed by atoms with Crippen LogP contribution in [0, 0.1) is 13.8 Å². The van der Waals surface area contributed by atoms with Crippen molar-refractivity contribution in [3.05, 3.63) is 63.4 Å². The SMILES string of the molecule is Cc1ccc(Br)c(C(NN)c2cnccc2C)c1. The minimum absolute atomic E-state index is 0.0621. The number of pyridine rings is 1. The Balaban J connectivity index is 2.52. The Morgan fingerprint density at radius 1 is 1.22 bits per heavy atom. The number of aromatic nitrogens is 1. The van der Waals surface area contributed by atoms with Crippen LogP contribution >= 0.6 is 15.9 Å². The molecule has 2 aromatic rings. The zero-order valence-electron chi connectivity index (χ0n) is 10.4. The molecule has 0 amide bonds. The molecular weight excluding hydrogens is 290 g/mol. The number of hydrazine groups is 1. The third-order valence-electron chi connectivity index (χ3n) is 3.02. The van der Waals surface area contributed by atoms with Crippen LogP contribution in [0.5, 0.6) is 0 Å². The third-order valence-corrected chi connectivity index (χ3v) is 3.74. The highest BCUT2D eigenvalue weighted by atomic mass is 79.9. The topological polar surface area (TPSA) is 50.9 Å².